The molecule has 5 atom stereocenters. The Balaban J connectivity index is 2.00. The van der Waals surface area contributed by atoms with Crippen molar-refractivity contribution in [3.8, 4) is 0 Å². The number of aliphatic hydroxyl groups excluding tert-OH is 1. The van der Waals surface area contributed by atoms with Gasteiger partial charge in [0.15, 0.2) is 0 Å². The van der Waals surface area contributed by atoms with Gasteiger partial charge in [0.2, 0.25) is 24.1 Å². The molecule has 2 heterocycles. The van der Waals surface area contributed by atoms with E-state index < -0.39 is 48.1 Å². The van der Waals surface area contributed by atoms with Crippen molar-refractivity contribution in [2.75, 3.05) is 20.1 Å². The van der Waals surface area contributed by atoms with Crippen LogP contribution in [0, 0.1) is 0 Å². The molecule has 0 radical (unpaired) electrons. The van der Waals surface area contributed by atoms with Crippen LogP contribution in [0.5, 0.6) is 0 Å². The molecule has 4 amide bonds. The molecule has 0 spiro atoms. The van der Waals surface area contributed by atoms with Crippen LogP contribution in [-0.4, -0.2) is 106 Å². The summed E-state index contributed by atoms with van der Waals surface area (Å²) in [6, 6.07) is -2.62. The quantitative estimate of drug-likeness (QED) is 0.321. The number of nitrogens with zero attached hydrogens (tertiary/aromatic N) is 3. The van der Waals surface area contributed by atoms with Crippen molar-refractivity contribution in [3.05, 3.63) is 0 Å². The van der Waals surface area contributed by atoms with E-state index in [1.165, 1.54) is 28.7 Å². The van der Waals surface area contributed by atoms with Crippen LogP contribution in [0.1, 0.15) is 59.8 Å². The summed E-state index contributed by atoms with van der Waals surface area (Å²) in [6.45, 7) is 7.50. The lowest BCUT2D eigenvalue weighted by Crippen LogP contribution is -2.58. The van der Waals surface area contributed by atoms with Crippen molar-refractivity contribution in [1.82, 2.24) is 20.0 Å². The van der Waals surface area contributed by atoms with E-state index in [9.17, 15) is 29.1 Å². The molecule has 34 heavy (non-hydrogen) atoms. The Morgan fingerprint density at radius 3 is 2.29 bits per heavy atom. The maximum atomic E-state index is 13.2. The molecule has 0 aliphatic carbocycles. The second kappa shape index (κ2) is 12.1. The molecule has 0 aromatic rings. The van der Waals surface area contributed by atoms with Crippen LogP contribution in [0.4, 0.5) is 0 Å². The van der Waals surface area contributed by atoms with E-state index in [0.717, 1.165) is 6.42 Å². The molecule has 0 bridgehead atoms. The monoisotopic (exact) mass is 482 g/mol. The van der Waals surface area contributed by atoms with Gasteiger partial charge in [0.05, 0.1) is 12.5 Å². The van der Waals surface area contributed by atoms with Crippen LogP contribution >= 0.6 is 0 Å². The molecule has 2 aliphatic heterocycles. The number of carbonyl (C=O) groups excluding carboxylic acids is 5. The zero-order chi connectivity index (χ0) is 25.6. The molecule has 2 rings (SSSR count). The van der Waals surface area contributed by atoms with Gasteiger partial charge in [0.1, 0.15) is 24.2 Å². The first-order valence-electron chi connectivity index (χ1n) is 11.9. The van der Waals surface area contributed by atoms with Gasteiger partial charge in [0, 0.05) is 26.2 Å². The summed E-state index contributed by atoms with van der Waals surface area (Å²) in [5.41, 5.74) is 0. The largest absolute Gasteiger partial charge is 0.461 e. The van der Waals surface area contributed by atoms with Gasteiger partial charge in [-0.05, 0) is 53.4 Å². The van der Waals surface area contributed by atoms with Crippen molar-refractivity contribution < 1.29 is 33.8 Å². The highest BCUT2D eigenvalue weighted by Gasteiger charge is 2.41. The Bertz CT molecular complexity index is 772. The zero-order valence-corrected chi connectivity index (χ0v) is 20.7. The Morgan fingerprint density at radius 1 is 1.09 bits per heavy atom. The van der Waals surface area contributed by atoms with E-state index in [-0.39, 0.29) is 18.4 Å². The van der Waals surface area contributed by atoms with Crippen molar-refractivity contribution in [3.63, 3.8) is 0 Å². The zero-order valence-electron chi connectivity index (χ0n) is 20.7. The maximum absolute atomic E-state index is 13.2. The SMILES string of the molecule is CC(C)NC(=O)C(C(C)O)N(C)C(=O)C1CCCN1C(=O)CC(C)OC(=O)C1CCCN1C=O. The van der Waals surface area contributed by atoms with Gasteiger partial charge in [-0.25, -0.2) is 4.79 Å². The summed E-state index contributed by atoms with van der Waals surface area (Å²) in [5.74, 6) is -1.75. The third-order valence-corrected chi connectivity index (χ3v) is 6.26. The first-order valence-corrected chi connectivity index (χ1v) is 11.9. The van der Waals surface area contributed by atoms with Gasteiger partial charge in [-0.2, -0.15) is 0 Å². The number of hydrogen-bond acceptors (Lipinski definition) is 7. The predicted octanol–water partition coefficient (Wildman–Crippen LogP) is -0.348. The van der Waals surface area contributed by atoms with E-state index in [1.807, 2.05) is 0 Å². The minimum Gasteiger partial charge on any atom is -0.461 e. The third kappa shape index (κ3) is 6.68. The number of nitrogens with one attached hydrogen (secondary N) is 1. The van der Waals surface area contributed by atoms with Crippen LogP contribution < -0.4 is 5.32 Å². The highest BCUT2D eigenvalue weighted by atomic mass is 16.5. The lowest BCUT2D eigenvalue weighted by molar-refractivity contribution is -0.158. The minimum absolute atomic E-state index is 0.0965. The topological polar surface area (TPSA) is 137 Å². The summed E-state index contributed by atoms with van der Waals surface area (Å²) in [6.07, 6.45) is 1.04. The van der Waals surface area contributed by atoms with Gasteiger partial charge in [0.25, 0.3) is 0 Å². The van der Waals surface area contributed by atoms with E-state index in [4.69, 9.17) is 4.74 Å². The molecule has 192 valence electrons. The fourth-order valence-electron chi connectivity index (χ4n) is 4.63. The number of hydrogen-bond donors (Lipinski definition) is 2. The Labute approximate surface area is 200 Å². The average molecular weight is 483 g/mol. The Hall–Kier alpha value is -2.69. The van der Waals surface area contributed by atoms with Crippen LogP contribution in [0.3, 0.4) is 0 Å². The van der Waals surface area contributed by atoms with Crippen LogP contribution in [0.15, 0.2) is 0 Å². The van der Waals surface area contributed by atoms with Gasteiger partial charge in [-0.3, -0.25) is 19.2 Å². The number of amides is 4. The highest BCUT2D eigenvalue weighted by Crippen LogP contribution is 2.23. The molecular weight excluding hydrogens is 444 g/mol. The average Bonchev–Trinajstić information content (AvgIpc) is 3.41. The first-order chi connectivity index (χ1) is 16.0. The normalized spacial score (nSPS) is 22.8. The predicted molar refractivity (Wildman–Crippen MR) is 122 cm³/mol. The maximum Gasteiger partial charge on any atom is 0.329 e. The molecule has 0 saturated carbocycles. The molecule has 0 aromatic heterocycles. The highest BCUT2D eigenvalue weighted by molar-refractivity contribution is 5.93. The first kappa shape index (κ1) is 27.6. The number of esters is 1. The summed E-state index contributed by atoms with van der Waals surface area (Å²) in [4.78, 5) is 66.3. The molecule has 2 aliphatic rings. The second-order valence-corrected chi connectivity index (χ2v) is 9.50. The van der Waals surface area contributed by atoms with E-state index in [1.54, 1.807) is 20.8 Å². The summed E-state index contributed by atoms with van der Waals surface area (Å²) < 4.78 is 5.41. The standard InChI is InChI=1S/C23H38N4O7/c1-14(2)24-21(31)20(16(4)29)25(5)22(32)17-8-7-11-27(17)19(30)12-15(3)34-23(33)18-9-6-10-26(18)13-28/h13-18,20,29H,6-12H2,1-5H3,(H,24,31). The van der Waals surface area contributed by atoms with Crippen LogP contribution in [0.2, 0.25) is 0 Å². The molecule has 5 unspecified atom stereocenters. The number of likely N-dealkylation sites (N-methyl/N-ethyl adjacent to an activating group) is 1. The van der Waals surface area contributed by atoms with Gasteiger partial charge in [-0.15, -0.1) is 0 Å². The Morgan fingerprint density at radius 2 is 1.71 bits per heavy atom. The lowest BCUT2D eigenvalue weighted by Gasteiger charge is -2.34. The van der Waals surface area contributed by atoms with Gasteiger partial charge in [-0.1, -0.05) is 0 Å². The van der Waals surface area contributed by atoms with Gasteiger partial charge < -0.3 is 29.9 Å². The molecule has 11 nitrogen and oxygen atoms in total. The fourth-order valence-corrected chi connectivity index (χ4v) is 4.63. The second-order valence-electron chi connectivity index (χ2n) is 9.50. The van der Waals surface area contributed by atoms with Crippen LogP contribution in [0.25, 0.3) is 0 Å². The van der Waals surface area contributed by atoms with Crippen molar-refractivity contribution in [1.29, 1.82) is 0 Å². The van der Waals surface area contributed by atoms with E-state index in [2.05, 4.69) is 5.32 Å². The van der Waals surface area contributed by atoms with Crippen LogP contribution in [-0.2, 0) is 28.7 Å². The van der Waals surface area contributed by atoms with Crippen molar-refractivity contribution in [2.45, 2.75) is 96.2 Å². The lowest BCUT2D eigenvalue weighted by atomic mass is 10.1. The number of likely N-dealkylation sites (tertiary alicyclic amines) is 2. The number of rotatable bonds is 10. The summed E-state index contributed by atoms with van der Waals surface area (Å²) >= 11 is 0. The number of carbonyl (C=O) groups is 5. The molecule has 2 fully saturated rings. The molecule has 11 heteroatoms. The van der Waals surface area contributed by atoms with Gasteiger partial charge >= 0.3 is 5.97 Å². The van der Waals surface area contributed by atoms with E-state index in [0.29, 0.717) is 38.8 Å². The molecule has 2 saturated heterocycles. The summed E-state index contributed by atoms with van der Waals surface area (Å²) in [5, 5.41) is 12.9. The van der Waals surface area contributed by atoms with Crippen molar-refractivity contribution in [2.24, 2.45) is 0 Å². The number of aliphatic hydroxyl groups is 1. The number of ether oxygens (including phenoxy) is 1. The van der Waals surface area contributed by atoms with E-state index >= 15 is 0 Å². The third-order valence-electron chi connectivity index (χ3n) is 6.26. The minimum atomic E-state index is -1.10. The molecule has 2 N–H and O–H groups in total. The fraction of sp³-hybridized carbons (Fsp3) is 0.783. The summed E-state index contributed by atoms with van der Waals surface area (Å²) in [7, 11) is 1.45. The Kier molecular flexibility index (Phi) is 9.84. The molecule has 0 aromatic carbocycles. The molecular formula is C23H38N4O7. The van der Waals surface area contributed by atoms with Crippen molar-refractivity contribution >= 4 is 30.1 Å². The smallest absolute Gasteiger partial charge is 0.329 e.